The summed E-state index contributed by atoms with van der Waals surface area (Å²) in [6.07, 6.45) is 15.3. The largest absolute Gasteiger partial charge is 0.236 e. The van der Waals surface area contributed by atoms with Gasteiger partial charge in [-0.3, -0.25) is 0 Å². The first-order valence-corrected chi connectivity index (χ1v) is 10.9. The Morgan fingerprint density at radius 3 is 2.00 bits per heavy atom. The van der Waals surface area contributed by atoms with Crippen molar-refractivity contribution in [2.24, 2.45) is 23.7 Å². The Balaban J connectivity index is 1.39. The van der Waals surface area contributed by atoms with Crippen LogP contribution in [-0.4, -0.2) is 11.8 Å². The van der Waals surface area contributed by atoms with Crippen LogP contribution in [0.15, 0.2) is 24.1 Å². The van der Waals surface area contributed by atoms with Gasteiger partial charge in [0, 0.05) is 0 Å². The third-order valence-electron chi connectivity index (χ3n) is 7.37. The fraction of sp³-hybridized carbons (Fsp3) is 0.826. The second-order valence-corrected chi connectivity index (χ2v) is 9.09. The van der Waals surface area contributed by atoms with Crippen LogP contribution in [-0.2, 0) is 0 Å². The third kappa shape index (κ3) is 4.75. The first-order chi connectivity index (χ1) is 12.5. The van der Waals surface area contributed by atoms with Gasteiger partial charge in [0.25, 0.3) is 0 Å². The molecule has 2 fully saturated rings. The van der Waals surface area contributed by atoms with Crippen molar-refractivity contribution in [1.29, 1.82) is 0 Å². The maximum absolute atomic E-state index is 14.7. The lowest BCUT2D eigenvalue weighted by molar-refractivity contribution is 0.0769. The van der Waals surface area contributed by atoms with Crippen LogP contribution >= 0.6 is 0 Å². The van der Waals surface area contributed by atoms with E-state index in [4.69, 9.17) is 0 Å². The molecule has 0 aromatic rings. The molecule has 0 heterocycles. The van der Waals surface area contributed by atoms with E-state index in [1.807, 2.05) is 0 Å². The Bertz CT molecular complexity index is 496. The summed E-state index contributed by atoms with van der Waals surface area (Å²) in [6.45, 7) is 2.29. The lowest BCUT2D eigenvalue weighted by Gasteiger charge is -2.38. The highest BCUT2D eigenvalue weighted by molar-refractivity contribution is 5.26. The average Bonchev–Trinajstić information content (AvgIpc) is 2.66. The first-order valence-electron chi connectivity index (χ1n) is 10.9. The molecule has 0 aromatic carbocycles. The van der Waals surface area contributed by atoms with Gasteiger partial charge in [0.2, 0.25) is 0 Å². The predicted octanol–water partition coefficient (Wildman–Crippen LogP) is 7.65. The maximum Gasteiger partial charge on any atom is 0.189 e. The van der Waals surface area contributed by atoms with E-state index in [1.54, 1.807) is 0 Å². The summed E-state index contributed by atoms with van der Waals surface area (Å²) in [5, 5.41) is 0. The number of alkyl halides is 2. The van der Waals surface area contributed by atoms with E-state index in [1.165, 1.54) is 63.5 Å². The van der Waals surface area contributed by atoms with Crippen LogP contribution in [0.3, 0.4) is 0 Å². The van der Waals surface area contributed by atoms with Crippen molar-refractivity contribution in [3.8, 4) is 0 Å². The van der Waals surface area contributed by atoms with Crippen molar-refractivity contribution >= 4 is 0 Å². The molecule has 3 rings (SSSR count). The molecule has 0 N–H and O–H groups in total. The number of allylic oxidation sites excluding steroid dienone is 4. The number of rotatable bonds is 6. The molecule has 0 aliphatic heterocycles. The maximum atomic E-state index is 14.7. The summed E-state index contributed by atoms with van der Waals surface area (Å²) in [4.78, 5) is 0. The van der Waals surface area contributed by atoms with Gasteiger partial charge in [0.1, 0.15) is 5.83 Å². The molecule has 0 nitrogen and oxygen atoms in total. The van der Waals surface area contributed by atoms with E-state index < -0.39 is 17.7 Å². The lowest BCUT2D eigenvalue weighted by Crippen LogP contribution is -2.36. The minimum Gasteiger partial charge on any atom is -0.236 e. The minimum absolute atomic E-state index is 0.101. The number of hydrogen-bond acceptors (Lipinski definition) is 0. The van der Waals surface area contributed by atoms with Gasteiger partial charge in [-0.05, 0) is 74.3 Å². The van der Waals surface area contributed by atoms with E-state index in [2.05, 4.69) is 6.92 Å². The molecule has 3 heteroatoms. The normalized spacial score (nSPS) is 41.1. The van der Waals surface area contributed by atoms with E-state index in [0.717, 1.165) is 36.7 Å². The highest BCUT2D eigenvalue weighted by Crippen LogP contribution is 2.44. The number of hydrogen-bond donors (Lipinski definition) is 0. The summed E-state index contributed by atoms with van der Waals surface area (Å²) in [5.74, 6) is 2.20. The van der Waals surface area contributed by atoms with Crippen molar-refractivity contribution in [2.75, 3.05) is 0 Å². The summed E-state index contributed by atoms with van der Waals surface area (Å²) < 4.78 is 42.0. The molecule has 2 unspecified atom stereocenters. The second-order valence-electron chi connectivity index (χ2n) is 9.09. The molecule has 148 valence electrons. The zero-order valence-corrected chi connectivity index (χ0v) is 16.2. The lowest BCUT2D eigenvalue weighted by atomic mass is 9.68. The molecule has 0 spiro atoms. The van der Waals surface area contributed by atoms with Gasteiger partial charge in [-0.1, -0.05) is 51.5 Å². The van der Waals surface area contributed by atoms with E-state index in [9.17, 15) is 13.2 Å². The first kappa shape index (κ1) is 20.0. The minimum atomic E-state index is -2.15. The monoisotopic (exact) mass is 368 g/mol. The van der Waals surface area contributed by atoms with E-state index in [-0.39, 0.29) is 6.42 Å². The molecule has 2 saturated carbocycles. The molecule has 0 amide bonds. The van der Waals surface area contributed by atoms with Gasteiger partial charge in [-0.25, -0.2) is 13.2 Å². The molecule has 0 radical (unpaired) electrons. The average molecular weight is 369 g/mol. The Kier molecular flexibility index (Phi) is 6.91. The zero-order valence-electron chi connectivity index (χ0n) is 16.2. The van der Waals surface area contributed by atoms with Crippen molar-refractivity contribution < 1.29 is 13.2 Å². The van der Waals surface area contributed by atoms with Crippen molar-refractivity contribution in [3.05, 3.63) is 24.1 Å². The fourth-order valence-corrected chi connectivity index (χ4v) is 5.64. The summed E-state index contributed by atoms with van der Waals surface area (Å²) >= 11 is 0. The van der Waals surface area contributed by atoms with Crippen LogP contribution in [0.5, 0.6) is 0 Å². The third-order valence-corrected chi connectivity index (χ3v) is 7.37. The van der Waals surface area contributed by atoms with Gasteiger partial charge >= 0.3 is 0 Å². The highest BCUT2D eigenvalue weighted by atomic mass is 19.2. The Morgan fingerprint density at radius 2 is 1.46 bits per heavy atom. The molecule has 0 aromatic heterocycles. The fourth-order valence-electron chi connectivity index (χ4n) is 5.64. The molecule has 0 saturated heterocycles. The van der Waals surface area contributed by atoms with Gasteiger partial charge in [0.15, 0.2) is 11.8 Å². The molecule has 2 atom stereocenters. The zero-order chi connectivity index (χ0) is 18.6. The van der Waals surface area contributed by atoms with Crippen LogP contribution in [0, 0.1) is 23.7 Å². The van der Waals surface area contributed by atoms with Crippen molar-refractivity contribution in [1.82, 2.24) is 0 Å². The molecule has 26 heavy (non-hydrogen) atoms. The molecule has 3 aliphatic carbocycles. The van der Waals surface area contributed by atoms with Crippen molar-refractivity contribution in [2.45, 2.75) is 95.8 Å². The van der Waals surface area contributed by atoms with E-state index in [0.29, 0.717) is 12.3 Å². The number of halogens is 3. The van der Waals surface area contributed by atoms with Crippen molar-refractivity contribution in [3.63, 3.8) is 0 Å². The quantitative estimate of drug-likeness (QED) is 0.451. The van der Waals surface area contributed by atoms with Crippen LogP contribution < -0.4 is 0 Å². The molecular weight excluding hydrogens is 333 g/mol. The second kappa shape index (κ2) is 8.97. The van der Waals surface area contributed by atoms with E-state index >= 15 is 0 Å². The summed E-state index contributed by atoms with van der Waals surface area (Å²) in [5.41, 5.74) is -2.15. The van der Waals surface area contributed by atoms with Gasteiger partial charge in [-0.15, -0.1) is 0 Å². The Hall–Kier alpha value is -0.730. The summed E-state index contributed by atoms with van der Waals surface area (Å²) in [7, 11) is 0. The Morgan fingerprint density at radius 1 is 0.923 bits per heavy atom. The topological polar surface area (TPSA) is 0 Å². The van der Waals surface area contributed by atoms with Gasteiger partial charge in [-0.2, -0.15) is 0 Å². The van der Waals surface area contributed by atoms with Crippen LogP contribution in [0.2, 0.25) is 0 Å². The summed E-state index contributed by atoms with van der Waals surface area (Å²) in [6, 6.07) is 0. The SMILES string of the molecule is CCCC1CCC(C2CCC(CCC3(F)C=CC=C(F)C3F)CC2)CC1. The smallest absolute Gasteiger partial charge is 0.189 e. The predicted molar refractivity (Wildman–Crippen MR) is 102 cm³/mol. The standard InChI is InChI=1S/C23H35F3/c1-2-4-17-6-10-19(11-7-17)20-12-8-18(9-13-20)14-16-23(26)15-3-5-21(24)22(23)25/h3,5,15,17-20,22H,2,4,6-14,16H2,1H3. The van der Waals surface area contributed by atoms with Gasteiger partial charge in [0.05, 0.1) is 0 Å². The Labute approximate surface area is 157 Å². The van der Waals surface area contributed by atoms with Gasteiger partial charge < -0.3 is 0 Å². The van der Waals surface area contributed by atoms with Crippen LogP contribution in [0.4, 0.5) is 13.2 Å². The molecule has 0 bridgehead atoms. The van der Waals surface area contributed by atoms with Crippen LogP contribution in [0.25, 0.3) is 0 Å². The van der Waals surface area contributed by atoms with Crippen LogP contribution in [0.1, 0.15) is 84.0 Å². The molecular formula is C23H35F3. The molecule has 3 aliphatic rings. The highest BCUT2D eigenvalue weighted by Gasteiger charge is 2.42.